The number of aryl methyl sites for hydroxylation is 1. The Morgan fingerprint density at radius 2 is 1.76 bits per heavy atom. The molecular formula is C11H14NO4S-. The second-order valence-electron chi connectivity index (χ2n) is 3.89. The van der Waals surface area contributed by atoms with E-state index < -0.39 is 22.0 Å². The first-order valence-electron chi connectivity index (χ1n) is 5.00. The second kappa shape index (κ2) is 4.75. The van der Waals surface area contributed by atoms with Crippen molar-refractivity contribution in [2.45, 2.75) is 19.9 Å². The number of rotatable bonds is 4. The van der Waals surface area contributed by atoms with Crippen LogP contribution in [-0.2, 0) is 14.8 Å². The largest absolute Gasteiger partial charge is 0.548 e. The fourth-order valence-corrected chi connectivity index (χ4v) is 2.65. The summed E-state index contributed by atoms with van der Waals surface area (Å²) < 4.78 is 24.0. The number of sulfonamides is 1. The van der Waals surface area contributed by atoms with E-state index in [4.69, 9.17) is 0 Å². The van der Waals surface area contributed by atoms with Gasteiger partial charge in [-0.2, -0.15) is 0 Å². The molecule has 0 aliphatic carbocycles. The molecule has 1 rings (SSSR count). The highest BCUT2D eigenvalue weighted by atomic mass is 32.2. The third-order valence-electron chi connectivity index (χ3n) is 2.34. The Balaban J connectivity index is 3.25. The van der Waals surface area contributed by atoms with Crippen LogP contribution in [0.5, 0.6) is 0 Å². The molecule has 0 bridgehead atoms. The highest BCUT2D eigenvalue weighted by molar-refractivity contribution is 7.92. The van der Waals surface area contributed by atoms with Gasteiger partial charge in [-0.25, -0.2) is 8.42 Å². The van der Waals surface area contributed by atoms with Crippen molar-refractivity contribution in [1.29, 1.82) is 0 Å². The normalized spacial score (nSPS) is 13.1. The van der Waals surface area contributed by atoms with Gasteiger partial charge in [0, 0.05) is 0 Å². The van der Waals surface area contributed by atoms with Crippen LogP contribution in [0, 0.1) is 6.92 Å². The first kappa shape index (κ1) is 13.5. The molecule has 1 aromatic carbocycles. The molecule has 5 nitrogen and oxygen atoms in total. The number of anilines is 1. The average Bonchev–Trinajstić information content (AvgIpc) is 2.19. The predicted molar refractivity (Wildman–Crippen MR) is 63.0 cm³/mol. The number of carboxylic acid groups (broad SMARTS) is 1. The van der Waals surface area contributed by atoms with Crippen LogP contribution >= 0.6 is 0 Å². The molecule has 0 fully saturated rings. The van der Waals surface area contributed by atoms with Gasteiger partial charge in [0.05, 0.1) is 24.0 Å². The first-order chi connectivity index (χ1) is 7.73. The van der Waals surface area contributed by atoms with Crippen LogP contribution in [-0.4, -0.2) is 26.7 Å². The average molecular weight is 256 g/mol. The van der Waals surface area contributed by atoms with Gasteiger partial charge in [-0.3, -0.25) is 4.31 Å². The predicted octanol–water partition coefficient (Wildman–Crippen LogP) is -0.101. The molecular weight excluding hydrogens is 242 g/mol. The van der Waals surface area contributed by atoms with Crippen molar-refractivity contribution in [3.8, 4) is 0 Å². The Hall–Kier alpha value is -1.56. The molecule has 94 valence electrons. The summed E-state index contributed by atoms with van der Waals surface area (Å²) in [6.07, 6.45) is 0.965. The van der Waals surface area contributed by atoms with Gasteiger partial charge in [0.1, 0.15) is 0 Å². The molecule has 0 saturated carbocycles. The topological polar surface area (TPSA) is 77.5 Å². The number of carboxylic acids is 1. The standard InChI is InChI=1S/C11H15NO4S/c1-8-4-6-10(7-5-8)12(17(3,15)16)9(2)11(13)14/h4-7,9H,1-3H3,(H,13,14)/p-1/t9-/m0/s1. The van der Waals surface area contributed by atoms with Gasteiger partial charge in [0.15, 0.2) is 0 Å². The smallest absolute Gasteiger partial charge is 0.232 e. The SMILES string of the molecule is Cc1ccc(N([C@@H](C)C(=O)[O-])S(C)(=O)=O)cc1. The van der Waals surface area contributed by atoms with E-state index in [9.17, 15) is 18.3 Å². The minimum atomic E-state index is -3.66. The van der Waals surface area contributed by atoms with E-state index in [-0.39, 0.29) is 0 Å². The monoisotopic (exact) mass is 256 g/mol. The number of nitrogens with zero attached hydrogens (tertiary/aromatic N) is 1. The molecule has 0 radical (unpaired) electrons. The van der Waals surface area contributed by atoms with Gasteiger partial charge in [-0.05, 0) is 26.0 Å². The fraction of sp³-hybridized carbons (Fsp3) is 0.364. The van der Waals surface area contributed by atoms with E-state index in [0.29, 0.717) is 5.69 Å². The number of carbonyl (C=O) groups is 1. The fourth-order valence-electron chi connectivity index (χ4n) is 1.49. The molecule has 1 atom stereocenters. The van der Waals surface area contributed by atoms with Crippen molar-refractivity contribution in [1.82, 2.24) is 0 Å². The molecule has 0 unspecified atom stereocenters. The molecule has 0 saturated heterocycles. The lowest BCUT2D eigenvalue weighted by Gasteiger charge is -2.29. The molecule has 0 spiro atoms. The van der Waals surface area contributed by atoms with Crippen LogP contribution in [0.15, 0.2) is 24.3 Å². The Morgan fingerprint density at radius 3 is 2.12 bits per heavy atom. The Kier molecular flexibility index (Phi) is 3.77. The number of hydrogen-bond donors (Lipinski definition) is 0. The summed E-state index contributed by atoms with van der Waals surface area (Å²) in [5.74, 6) is -1.43. The third-order valence-corrected chi connectivity index (χ3v) is 3.58. The summed E-state index contributed by atoms with van der Waals surface area (Å²) in [4.78, 5) is 10.8. The van der Waals surface area contributed by atoms with Crippen molar-refractivity contribution in [2.24, 2.45) is 0 Å². The van der Waals surface area contributed by atoms with E-state index in [1.165, 1.54) is 6.92 Å². The number of aliphatic carboxylic acids is 1. The third kappa shape index (κ3) is 3.20. The Morgan fingerprint density at radius 1 is 1.29 bits per heavy atom. The lowest BCUT2D eigenvalue weighted by Crippen LogP contribution is -2.48. The van der Waals surface area contributed by atoms with Crippen LogP contribution in [0.4, 0.5) is 5.69 Å². The molecule has 6 heteroatoms. The summed E-state index contributed by atoms with van der Waals surface area (Å²) in [7, 11) is -3.66. The van der Waals surface area contributed by atoms with Gasteiger partial charge in [0.2, 0.25) is 10.0 Å². The molecule has 1 aromatic rings. The lowest BCUT2D eigenvalue weighted by atomic mass is 10.2. The summed E-state index contributed by atoms with van der Waals surface area (Å²) in [5, 5.41) is 10.8. The Labute approximate surface area is 101 Å². The van der Waals surface area contributed by atoms with Gasteiger partial charge in [0.25, 0.3) is 0 Å². The number of benzene rings is 1. The van der Waals surface area contributed by atoms with Crippen molar-refractivity contribution < 1.29 is 18.3 Å². The molecule has 0 aliphatic heterocycles. The van der Waals surface area contributed by atoms with Crippen LogP contribution in [0.2, 0.25) is 0 Å². The van der Waals surface area contributed by atoms with Gasteiger partial charge < -0.3 is 9.90 Å². The quantitative estimate of drug-likeness (QED) is 0.753. The van der Waals surface area contributed by atoms with Gasteiger partial charge >= 0.3 is 0 Å². The molecule has 0 N–H and O–H groups in total. The van der Waals surface area contributed by atoms with Crippen molar-refractivity contribution >= 4 is 21.7 Å². The van der Waals surface area contributed by atoms with E-state index in [0.717, 1.165) is 16.1 Å². The first-order valence-corrected chi connectivity index (χ1v) is 6.85. The van der Waals surface area contributed by atoms with E-state index in [2.05, 4.69) is 0 Å². The summed E-state index contributed by atoms with van der Waals surface area (Å²) in [5.41, 5.74) is 1.28. The van der Waals surface area contributed by atoms with Crippen LogP contribution in [0.3, 0.4) is 0 Å². The van der Waals surface area contributed by atoms with Gasteiger partial charge in [-0.1, -0.05) is 17.7 Å². The highest BCUT2D eigenvalue weighted by Crippen LogP contribution is 2.20. The maximum absolute atomic E-state index is 11.6. The molecule has 0 aliphatic rings. The molecule has 0 amide bonds. The summed E-state index contributed by atoms with van der Waals surface area (Å²) in [6, 6.07) is 5.32. The lowest BCUT2D eigenvalue weighted by molar-refractivity contribution is -0.306. The molecule has 17 heavy (non-hydrogen) atoms. The molecule has 0 heterocycles. The van der Waals surface area contributed by atoms with Crippen molar-refractivity contribution in [3.63, 3.8) is 0 Å². The van der Waals surface area contributed by atoms with Crippen LogP contribution in [0.1, 0.15) is 12.5 Å². The minimum Gasteiger partial charge on any atom is -0.548 e. The summed E-state index contributed by atoms with van der Waals surface area (Å²) in [6.45, 7) is 3.13. The zero-order valence-electron chi connectivity index (χ0n) is 9.88. The number of carbonyl (C=O) groups excluding carboxylic acids is 1. The zero-order valence-corrected chi connectivity index (χ0v) is 10.7. The van der Waals surface area contributed by atoms with Crippen LogP contribution < -0.4 is 9.41 Å². The number of hydrogen-bond acceptors (Lipinski definition) is 4. The molecule has 0 aromatic heterocycles. The second-order valence-corrected chi connectivity index (χ2v) is 5.75. The maximum atomic E-state index is 11.6. The van der Waals surface area contributed by atoms with E-state index >= 15 is 0 Å². The summed E-state index contributed by atoms with van der Waals surface area (Å²) >= 11 is 0. The van der Waals surface area contributed by atoms with Gasteiger partial charge in [-0.15, -0.1) is 0 Å². The van der Waals surface area contributed by atoms with Crippen molar-refractivity contribution in [2.75, 3.05) is 10.6 Å². The Bertz CT molecular complexity index is 507. The minimum absolute atomic E-state index is 0.315. The van der Waals surface area contributed by atoms with E-state index in [1.807, 2.05) is 6.92 Å². The zero-order chi connectivity index (χ0) is 13.2. The van der Waals surface area contributed by atoms with Crippen molar-refractivity contribution in [3.05, 3.63) is 29.8 Å². The van der Waals surface area contributed by atoms with Crippen LogP contribution in [0.25, 0.3) is 0 Å². The van der Waals surface area contributed by atoms with E-state index in [1.54, 1.807) is 24.3 Å². The maximum Gasteiger partial charge on any atom is 0.232 e. The highest BCUT2D eigenvalue weighted by Gasteiger charge is 2.24.